The molecule has 27 heavy (non-hydrogen) atoms. The molecule has 1 saturated heterocycles. The number of carbonyl (C=O) groups excluding carboxylic acids is 1. The van der Waals surface area contributed by atoms with Crippen molar-refractivity contribution in [2.45, 2.75) is 12.8 Å². The monoisotopic (exact) mass is 367 g/mol. The smallest absolute Gasteiger partial charge is 0.258 e. The van der Waals surface area contributed by atoms with Crippen LogP contribution >= 0.6 is 0 Å². The first kappa shape index (κ1) is 17.3. The van der Waals surface area contributed by atoms with Gasteiger partial charge in [-0.3, -0.25) is 4.79 Å². The summed E-state index contributed by atoms with van der Waals surface area (Å²) in [4.78, 5) is 14.9. The number of ether oxygens (including phenoxy) is 4. The second-order valence-electron chi connectivity index (χ2n) is 6.38. The minimum absolute atomic E-state index is 0.0413. The maximum Gasteiger partial charge on any atom is 0.258 e. The number of amides is 1. The van der Waals surface area contributed by atoms with E-state index in [-0.39, 0.29) is 12.7 Å². The lowest BCUT2D eigenvalue weighted by Gasteiger charge is -2.19. The molecule has 0 N–H and O–H groups in total. The molecule has 0 atom stereocenters. The van der Waals surface area contributed by atoms with Crippen LogP contribution in [-0.4, -0.2) is 38.4 Å². The van der Waals surface area contributed by atoms with Gasteiger partial charge in [-0.15, -0.1) is 0 Å². The van der Waals surface area contributed by atoms with E-state index in [0.717, 1.165) is 35.6 Å². The molecule has 6 heteroatoms. The highest BCUT2D eigenvalue weighted by Gasteiger charge is 2.25. The van der Waals surface area contributed by atoms with E-state index in [4.69, 9.17) is 18.9 Å². The SMILES string of the molecule is COc1ccc(C(=O)N2CCC/C2=C\c2ccc3c(c2)OCO3)cc1OC. The van der Waals surface area contributed by atoms with E-state index in [1.54, 1.807) is 32.4 Å². The van der Waals surface area contributed by atoms with Crippen molar-refractivity contribution in [3.63, 3.8) is 0 Å². The van der Waals surface area contributed by atoms with Crippen molar-refractivity contribution in [2.75, 3.05) is 27.6 Å². The third-order valence-corrected chi connectivity index (χ3v) is 4.77. The summed E-state index contributed by atoms with van der Waals surface area (Å²) >= 11 is 0. The van der Waals surface area contributed by atoms with Gasteiger partial charge in [0.25, 0.3) is 5.91 Å². The highest BCUT2D eigenvalue weighted by atomic mass is 16.7. The molecule has 1 fully saturated rings. The fraction of sp³-hybridized carbons (Fsp3) is 0.286. The van der Waals surface area contributed by atoms with E-state index in [2.05, 4.69) is 0 Å². The molecule has 2 heterocycles. The van der Waals surface area contributed by atoms with Gasteiger partial charge in [0, 0.05) is 17.8 Å². The van der Waals surface area contributed by atoms with Crippen LogP contribution < -0.4 is 18.9 Å². The summed E-state index contributed by atoms with van der Waals surface area (Å²) in [7, 11) is 3.14. The minimum atomic E-state index is -0.0413. The lowest BCUT2D eigenvalue weighted by molar-refractivity contribution is 0.0826. The Morgan fingerprint density at radius 3 is 2.67 bits per heavy atom. The Labute approximate surface area is 157 Å². The molecular weight excluding hydrogens is 346 g/mol. The zero-order chi connectivity index (χ0) is 18.8. The van der Waals surface area contributed by atoms with Gasteiger partial charge in [-0.1, -0.05) is 6.07 Å². The average molecular weight is 367 g/mol. The molecule has 0 unspecified atom stereocenters. The lowest BCUT2D eigenvalue weighted by atomic mass is 10.1. The fourth-order valence-corrected chi connectivity index (χ4v) is 3.40. The van der Waals surface area contributed by atoms with Crippen LogP contribution in [0.2, 0.25) is 0 Å². The normalized spacial score (nSPS) is 16.7. The summed E-state index contributed by atoms with van der Waals surface area (Å²) in [6.45, 7) is 0.947. The molecule has 140 valence electrons. The molecule has 0 aromatic heterocycles. The van der Waals surface area contributed by atoms with Crippen LogP contribution in [0.3, 0.4) is 0 Å². The van der Waals surface area contributed by atoms with Crippen molar-refractivity contribution in [3.8, 4) is 23.0 Å². The summed E-state index contributed by atoms with van der Waals surface area (Å²) in [5.74, 6) is 2.60. The van der Waals surface area contributed by atoms with Crippen molar-refractivity contribution >= 4 is 12.0 Å². The Hall–Kier alpha value is -3.15. The number of rotatable bonds is 4. The Bertz CT molecular complexity index is 905. The van der Waals surface area contributed by atoms with Crippen LogP contribution in [0, 0.1) is 0 Å². The van der Waals surface area contributed by atoms with E-state index >= 15 is 0 Å². The number of allylic oxidation sites excluding steroid dienone is 1. The summed E-state index contributed by atoms with van der Waals surface area (Å²) in [6.07, 6.45) is 3.83. The molecule has 2 aliphatic rings. The second-order valence-corrected chi connectivity index (χ2v) is 6.38. The molecule has 2 aromatic carbocycles. The van der Waals surface area contributed by atoms with Crippen LogP contribution in [0.4, 0.5) is 0 Å². The van der Waals surface area contributed by atoms with Gasteiger partial charge < -0.3 is 23.8 Å². The van der Waals surface area contributed by atoms with Crippen molar-refractivity contribution < 1.29 is 23.7 Å². The Balaban J connectivity index is 1.60. The Morgan fingerprint density at radius 1 is 1.04 bits per heavy atom. The predicted octanol–water partition coefficient (Wildman–Crippen LogP) is 3.71. The highest BCUT2D eigenvalue weighted by Crippen LogP contribution is 2.35. The van der Waals surface area contributed by atoms with Crippen LogP contribution in [0.1, 0.15) is 28.8 Å². The van der Waals surface area contributed by atoms with Gasteiger partial charge in [0.05, 0.1) is 14.2 Å². The fourth-order valence-electron chi connectivity index (χ4n) is 3.40. The maximum absolute atomic E-state index is 13.0. The first-order chi connectivity index (χ1) is 13.2. The molecule has 4 rings (SSSR count). The number of methoxy groups -OCH3 is 2. The van der Waals surface area contributed by atoms with E-state index in [0.29, 0.717) is 23.6 Å². The maximum atomic E-state index is 13.0. The van der Waals surface area contributed by atoms with Gasteiger partial charge in [0.15, 0.2) is 23.0 Å². The van der Waals surface area contributed by atoms with Crippen molar-refractivity contribution in [1.82, 2.24) is 4.90 Å². The lowest BCUT2D eigenvalue weighted by Crippen LogP contribution is -2.26. The predicted molar refractivity (Wildman–Crippen MR) is 100 cm³/mol. The number of hydrogen-bond acceptors (Lipinski definition) is 5. The van der Waals surface area contributed by atoms with Crippen LogP contribution in [0.5, 0.6) is 23.0 Å². The Kier molecular flexibility index (Phi) is 4.62. The summed E-state index contributed by atoms with van der Waals surface area (Å²) < 4.78 is 21.4. The molecule has 1 amide bonds. The third kappa shape index (κ3) is 3.30. The zero-order valence-corrected chi connectivity index (χ0v) is 15.4. The van der Waals surface area contributed by atoms with E-state index in [1.807, 2.05) is 29.2 Å². The molecule has 6 nitrogen and oxygen atoms in total. The van der Waals surface area contributed by atoms with Gasteiger partial charge in [-0.05, 0) is 54.8 Å². The van der Waals surface area contributed by atoms with Crippen LogP contribution in [0.15, 0.2) is 42.1 Å². The first-order valence-electron chi connectivity index (χ1n) is 8.83. The largest absolute Gasteiger partial charge is 0.493 e. The van der Waals surface area contributed by atoms with Crippen LogP contribution in [-0.2, 0) is 0 Å². The molecule has 0 saturated carbocycles. The van der Waals surface area contributed by atoms with E-state index in [1.165, 1.54) is 0 Å². The van der Waals surface area contributed by atoms with E-state index in [9.17, 15) is 4.79 Å². The number of nitrogens with zero attached hydrogens (tertiary/aromatic N) is 1. The van der Waals surface area contributed by atoms with Gasteiger partial charge in [-0.25, -0.2) is 0 Å². The topological polar surface area (TPSA) is 57.2 Å². The number of likely N-dealkylation sites (tertiary alicyclic amines) is 1. The van der Waals surface area contributed by atoms with Gasteiger partial charge in [-0.2, -0.15) is 0 Å². The molecule has 2 aliphatic heterocycles. The van der Waals surface area contributed by atoms with Gasteiger partial charge >= 0.3 is 0 Å². The quantitative estimate of drug-likeness (QED) is 0.825. The number of fused-ring (bicyclic) bond motifs is 1. The van der Waals surface area contributed by atoms with E-state index < -0.39 is 0 Å². The molecule has 0 aliphatic carbocycles. The van der Waals surface area contributed by atoms with Crippen molar-refractivity contribution in [1.29, 1.82) is 0 Å². The van der Waals surface area contributed by atoms with Crippen molar-refractivity contribution in [3.05, 3.63) is 53.2 Å². The Morgan fingerprint density at radius 2 is 1.85 bits per heavy atom. The first-order valence-corrected chi connectivity index (χ1v) is 8.83. The standard InChI is InChI=1S/C21H21NO5/c1-24-17-8-6-15(12-19(17)25-2)21(23)22-9-3-4-16(22)10-14-5-7-18-20(11-14)27-13-26-18/h5-8,10-12H,3-4,9,13H2,1-2H3/b16-10+. The van der Waals surface area contributed by atoms with Crippen molar-refractivity contribution in [2.24, 2.45) is 0 Å². The van der Waals surface area contributed by atoms with Gasteiger partial charge in [0.1, 0.15) is 0 Å². The number of carbonyl (C=O) groups is 1. The molecular formula is C21H21NO5. The summed E-state index contributed by atoms with van der Waals surface area (Å²) in [5.41, 5.74) is 2.56. The molecule has 0 radical (unpaired) electrons. The third-order valence-electron chi connectivity index (χ3n) is 4.77. The summed E-state index contributed by atoms with van der Waals surface area (Å²) in [5, 5.41) is 0. The highest BCUT2D eigenvalue weighted by molar-refractivity contribution is 5.96. The zero-order valence-electron chi connectivity index (χ0n) is 15.4. The summed E-state index contributed by atoms with van der Waals surface area (Å²) in [6, 6.07) is 11.0. The average Bonchev–Trinajstić information content (AvgIpc) is 3.35. The molecule has 0 bridgehead atoms. The molecule has 2 aromatic rings. The van der Waals surface area contributed by atoms with Crippen LogP contribution in [0.25, 0.3) is 6.08 Å². The minimum Gasteiger partial charge on any atom is -0.493 e. The molecule has 0 spiro atoms. The number of benzene rings is 2. The second kappa shape index (κ2) is 7.23. The van der Waals surface area contributed by atoms with Gasteiger partial charge in [0.2, 0.25) is 6.79 Å². The number of hydrogen-bond donors (Lipinski definition) is 0.